The highest BCUT2D eigenvalue weighted by Crippen LogP contribution is 2.35. The van der Waals surface area contributed by atoms with Gasteiger partial charge in [-0.05, 0) is 23.8 Å². The molecule has 6 nitrogen and oxygen atoms in total. The maximum absolute atomic E-state index is 5.55. The van der Waals surface area contributed by atoms with Crippen LogP contribution in [0.2, 0.25) is 0 Å². The van der Waals surface area contributed by atoms with Crippen LogP contribution in [0.5, 0.6) is 17.2 Å². The number of rotatable bonds is 7. The summed E-state index contributed by atoms with van der Waals surface area (Å²) in [6.45, 7) is 5.99. The summed E-state index contributed by atoms with van der Waals surface area (Å²) in [7, 11) is 4.99. The first-order valence-electron chi connectivity index (χ1n) is 8.86. The van der Waals surface area contributed by atoms with Crippen molar-refractivity contribution < 1.29 is 14.2 Å². The first-order chi connectivity index (χ1) is 12.7. The summed E-state index contributed by atoms with van der Waals surface area (Å²) in [6.07, 6.45) is 3.71. The first kappa shape index (κ1) is 18.5. The summed E-state index contributed by atoms with van der Waals surface area (Å²) in [5.41, 5.74) is 2.43. The van der Waals surface area contributed by atoms with Crippen molar-refractivity contribution in [2.75, 3.05) is 47.5 Å². The number of pyridine rings is 1. The van der Waals surface area contributed by atoms with Crippen molar-refractivity contribution in [1.29, 1.82) is 0 Å². The molecular formula is C20H27N3O3. The van der Waals surface area contributed by atoms with Crippen molar-refractivity contribution in [1.82, 2.24) is 14.8 Å². The van der Waals surface area contributed by atoms with Crippen molar-refractivity contribution in [3.63, 3.8) is 0 Å². The van der Waals surface area contributed by atoms with E-state index in [0.29, 0.717) is 5.75 Å². The van der Waals surface area contributed by atoms with Crippen LogP contribution >= 0.6 is 0 Å². The molecule has 0 saturated carbocycles. The van der Waals surface area contributed by atoms with Crippen molar-refractivity contribution in [2.45, 2.75) is 13.1 Å². The molecule has 0 unspecified atom stereocenters. The van der Waals surface area contributed by atoms with E-state index < -0.39 is 0 Å². The molecule has 6 heteroatoms. The lowest BCUT2D eigenvalue weighted by atomic mass is 10.1. The fraction of sp³-hybridized carbons (Fsp3) is 0.450. The average Bonchev–Trinajstić information content (AvgIpc) is 2.70. The maximum Gasteiger partial charge on any atom is 0.164 e. The third kappa shape index (κ3) is 4.45. The van der Waals surface area contributed by atoms with Crippen LogP contribution in [0.3, 0.4) is 0 Å². The van der Waals surface area contributed by atoms with Gasteiger partial charge in [-0.3, -0.25) is 14.8 Å². The minimum absolute atomic E-state index is 0.690. The lowest BCUT2D eigenvalue weighted by Gasteiger charge is -2.35. The third-order valence-corrected chi connectivity index (χ3v) is 4.80. The lowest BCUT2D eigenvalue weighted by molar-refractivity contribution is 0.121. The molecule has 0 radical (unpaired) electrons. The zero-order chi connectivity index (χ0) is 18.4. The lowest BCUT2D eigenvalue weighted by Crippen LogP contribution is -2.45. The van der Waals surface area contributed by atoms with Gasteiger partial charge in [-0.15, -0.1) is 0 Å². The second-order valence-electron chi connectivity index (χ2n) is 6.43. The van der Waals surface area contributed by atoms with E-state index in [1.807, 2.05) is 24.5 Å². The van der Waals surface area contributed by atoms with E-state index in [1.165, 1.54) is 5.56 Å². The molecule has 1 aromatic carbocycles. The highest BCUT2D eigenvalue weighted by atomic mass is 16.5. The molecule has 0 spiro atoms. The number of ether oxygens (including phenoxy) is 3. The maximum atomic E-state index is 5.55. The van der Waals surface area contributed by atoms with Crippen LogP contribution in [0.1, 0.15) is 11.1 Å². The van der Waals surface area contributed by atoms with Gasteiger partial charge in [0.25, 0.3) is 0 Å². The van der Waals surface area contributed by atoms with Gasteiger partial charge in [-0.1, -0.05) is 0 Å². The van der Waals surface area contributed by atoms with Crippen molar-refractivity contribution in [2.24, 2.45) is 0 Å². The van der Waals surface area contributed by atoms with Gasteiger partial charge >= 0.3 is 0 Å². The molecule has 0 N–H and O–H groups in total. The highest BCUT2D eigenvalue weighted by Gasteiger charge is 2.20. The van der Waals surface area contributed by atoms with Gasteiger partial charge in [-0.25, -0.2) is 0 Å². The van der Waals surface area contributed by atoms with Crippen LogP contribution in [-0.4, -0.2) is 62.3 Å². The summed E-state index contributed by atoms with van der Waals surface area (Å²) in [4.78, 5) is 9.02. The number of nitrogens with zero attached hydrogens (tertiary/aromatic N) is 3. The summed E-state index contributed by atoms with van der Waals surface area (Å²) >= 11 is 0. The van der Waals surface area contributed by atoms with Crippen molar-refractivity contribution >= 4 is 0 Å². The van der Waals surface area contributed by atoms with E-state index in [-0.39, 0.29) is 0 Å². The van der Waals surface area contributed by atoms with Gasteiger partial charge in [0.05, 0.1) is 21.3 Å². The quantitative estimate of drug-likeness (QED) is 0.758. The number of aromatic nitrogens is 1. The van der Waals surface area contributed by atoms with E-state index in [4.69, 9.17) is 14.2 Å². The van der Waals surface area contributed by atoms with Crippen LogP contribution in [-0.2, 0) is 13.1 Å². The fourth-order valence-electron chi connectivity index (χ4n) is 3.31. The monoisotopic (exact) mass is 357 g/mol. The third-order valence-electron chi connectivity index (χ3n) is 4.80. The van der Waals surface area contributed by atoms with E-state index >= 15 is 0 Å². The molecule has 1 saturated heterocycles. The van der Waals surface area contributed by atoms with Crippen molar-refractivity contribution in [3.8, 4) is 17.2 Å². The normalized spacial score (nSPS) is 15.7. The number of hydrogen-bond donors (Lipinski definition) is 0. The zero-order valence-corrected chi connectivity index (χ0v) is 15.8. The van der Waals surface area contributed by atoms with E-state index in [2.05, 4.69) is 26.9 Å². The zero-order valence-electron chi connectivity index (χ0n) is 15.8. The molecule has 0 amide bonds. The number of methoxy groups -OCH3 is 3. The van der Waals surface area contributed by atoms with E-state index in [0.717, 1.165) is 56.3 Å². The molecule has 0 atom stereocenters. The van der Waals surface area contributed by atoms with Crippen LogP contribution in [0.4, 0.5) is 0 Å². The summed E-state index contributed by atoms with van der Waals surface area (Å²) < 4.78 is 16.4. The van der Waals surface area contributed by atoms with Crippen LogP contribution in [0, 0.1) is 0 Å². The second kappa shape index (κ2) is 8.87. The van der Waals surface area contributed by atoms with E-state index in [9.17, 15) is 0 Å². The average molecular weight is 357 g/mol. The molecule has 2 heterocycles. The highest BCUT2D eigenvalue weighted by molar-refractivity contribution is 5.50. The number of hydrogen-bond acceptors (Lipinski definition) is 6. The topological polar surface area (TPSA) is 47.1 Å². The molecule has 140 valence electrons. The number of piperazine rings is 1. The minimum Gasteiger partial charge on any atom is -0.496 e. The molecule has 1 aliphatic rings. The molecule has 3 rings (SSSR count). The van der Waals surface area contributed by atoms with Gasteiger partial charge in [0, 0.05) is 63.3 Å². The Balaban J connectivity index is 1.60. The van der Waals surface area contributed by atoms with Gasteiger partial charge in [0.15, 0.2) is 11.5 Å². The molecule has 1 fully saturated rings. The molecule has 0 bridgehead atoms. The Kier molecular flexibility index (Phi) is 6.30. The van der Waals surface area contributed by atoms with Gasteiger partial charge in [0.2, 0.25) is 0 Å². The Morgan fingerprint density at radius 1 is 0.769 bits per heavy atom. The Labute approximate surface area is 155 Å². The van der Waals surface area contributed by atoms with E-state index in [1.54, 1.807) is 21.3 Å². The van der Waals surface area contributed by atoms with Crippen LogP contribution < -0.4 is 14.2 Å². The second-order valence-corrected chi connectivity index (χ2v) is 6.43. The summed E-state index contributed by atoms with van der Waals surface area (Å²) in [5, 5.41) is 0. The largest absolute Gasteiger partial charge is 0.496 e. The predicted molar refractivity (Wildman–Crippen MR) is 101 cm³/mol. The first-order valence-corrected chi connectivity index (χ1v) is 8.86. The number of benzene rings is 1. The molecule has 1 aliphatic heterocycles. The molecule has 2 aromatic rings. The summed E-state index contributed by atoms with van der Waals surface area (Å²) in [5.74, 6) is 2.26. The molecule has 0 aliphatic carbocycles. The smallest absolute Gasteiger partial charge is 0.164 e. The minimum atomic E-state index is 0.690. The van der Waals surface area contributed by atoms with Gasteiger partial charge in [-0.2, -0.15) is 0 Å². The molecule has 26 heavy (non-hydrogen) atoms. The predicted octanol–water partition coefficient (Wildman–Crippen LogP) is 2.43. The van der Waals surface area contributed by atoms with Crippen LogP contribution in [0.25, 0.3) is 0 Å². The SMILES string of the molecule is COc1cc(OC)c(OC)cc1CN1CCN(Cc2ccncc2)CC1. The molecular weight excluding hydrogens is 330 g/mol. The standard InChI is InChI=1S/C20H27N3O3/c1-24-18-13-20(26-3)19(25-2)12-17(18)15-23-10-8-22(9-11-23)14-16-4-6-21-7-5-16/h4-7,12-13H,8-11,14-15H2,1-3H3. The van der Waals surface area contributed by atoms with Crippen molar-refractivity contribution in [3.05, 3.63) is 47.8 Å². The Bertz CT molecular complexity index is 701. The summed E-state index contributed by atoms with van der Waals surface area (Å²) in [6, 6.07) is 8.08. The fourth-order valence-corrected chi connectivity index (χ4v) is 3.31. The Morgan fingerprint density at radius 2 is 1.31 bits per heavy atom. The van der Waals surface area contributed by atoms with Crippen LogP contribution in [0.15, 0.2) is 36.7 Å². The Hall–Kier alpha value is -2.31. The van der Waals surface area contributed by atoms with Gasteiger partial charge in [0.1, 0.15) is 5.75 Å². The Morgan fingerprint density at radius 3 is 1.88 bits per heavy atom. The van der Waals surface area contributed by atoms with Gasteiger partial charge < -0.3 is 14.2 Å². The molecule has 1 aromatic heterocycles.